The third-order valence-corrected chi connectivity index (χ3v) is 6.17. The SMILES string of the molecule is CCN(Cc1nccn1C)C(=O)C1CCC(NC(=O)c2ccc3[nH]ccc3c2)CC1. The fourth-order valence-corrected chi connectivity index (χ4v) is 4.27. The summed E-state index contributed by atoms with van der Waals surface area (Å²) in [5.41, 5.74) is 1.70. The van der Waals surface area contributed by atoms with Gasteiger partial charge in [0.1, 0.15) is 5.82 Å². The highest BCUT2D eigenvalue weighted by molar-refractivity contribution is 5.98. The van der Waals surface area contributed by atoms with Crippen molar-refractivity contribution < 1.29 is 9.59 Å². The molecule has 1 aliphatic rings. The molecule has 3 aromatic rings. The van der Waals surface area contributed by atoms with Gasteiger partial charge in [-0.05, 0) is 56.9 Å². The minimum absolute atomic E-state index is 0.0228. The molecule has 0 aliphatic heterocycles. The fraction of sp³-hybridized carbons (Fsp3) is 0.435. The van der Waals surface area contributed by atoms with E-state index < -0.39 is 0 Å². The molecule has 2 heterocycles. The number of aromatic nitrogens is 3. The number of aryl methyl sites for hydroxylation is 1. The zero-order valence-electron chi connectivity index (χ0n) is 17.6. The first-order chi connectivity index (χ1) is 14.5. The molecular formula is C23H29N5O2. The van der Waals surface area contributed by atoms with Crippen molar-refractivity contribution in [3.05, 3.63) is 54.2 Å². The highest BCUT2D eigenvalue weighted by Crippen LogP contribution is 2.27. The molecule has 1 saturated carbocycles. The van der Waals surface area contributed by atoms with E-state index in [-0.39, 0.29) is 23.8 Å². The normalized spacial score (nSPS) is 19.0. The number of carbonyl (C=O) groups is 2. The Kier molecular flexibility index (Phi) is 5.88. The summed E-state index contributed by atoms with van der Waals surface area (Å²) in [4.78, 5) is 35.0. The molecule has 1 aliphatic carbocycles. The molecule has 30 heavy (non-hydrogen) atoms. The average molecular weight is 408 g/mol. The number of fused-ring (bicyclic) bond motifs is 1. The summed E-state index contributed by atoms with van der Waals surface area (Å²) in [6, 6.07) is 7.77. The molecule has 0 atom stereocenters. The maximum absolute atomic E-state index is 13.0. The van der Waals surface area contributed by atoms with Gasteiger partial charge in [-0.25, -0.2) is 4.98 Å². The Morgan fingerprint density at radius 3 is 2.73 bits per heavy atom. The summed E-state index contributed by atoms with van der Waals surface area (Å²) >= 11 is 0. The Bertz CT molecular complexity index is 1030. The molecule has 0 saturated heterocycles. The largest absolute Gasteiger partial charge is 0.361 e. The molecule has 7 heteroatoms. The molecule has 1 aromatic carbocycles. The summed E-state index contributed by atoms with van der Waals surface area (Å²) in [5, 5.41) is 4.18. The number of aromatic amines is 1. The summed E-state index contributed by atoms with van der Waals surface area (Å²) in [7, 11) is 1.95. The van der Waals surface area contributed by atoms with Crippen LogP contribution in [0, 0.1) is 5.92 Å². The Balaban J connectivity index is 1.31. The Morgan fingerprint density at radius 2 is 2.03 bits per heavy atom. The van der Waals surface area contributed by atoms with Crippen LogP contribution < -0.4 is 5.32 Å². The summed E-state index contributed by atoms with van der Waals surface area (Å²) in [6.07, 6.45) is 8.79. The predicted octanol–water partition coefficient (Wildman–Crippen LogP) is 3.24. The minimum Gasteiger partial charge on any atom is -0.361 e. The van der Waals surface area contributed by atoms with E-state index in [0.29, 0.717) is 18.7 Å². The van der Waals surface area contributed by atoms with Gasteiger partial charge in [0.25, 0.3) is 5.91 Å². The van der Waals surface area contributed by atoms with Gasteiger partial charge in [0.05, 0.1) is 6.54 Å². The predicted molar refractivity (Wildman–Crippen MR) is 116 cm³/mol. The lowest BCUT2D eigenvalue weighted by Crippen LogP contribution is -2.42. The van der Waals surface area contributed by atoms with Crippen LogP contribution in [0.3, 0.4) is 0 Å². The number of nitrogens with one attached hydrogen (secondary N) is 2. The van der Waals surface area contributed by atoms with Crippen molar-refractivity contribution in [2.75, 3.05) is 6.54 Å². The first kappa shape index (κ1) is 20.2. The molecule has 4 rings (SSSR count). The molecule has 1 fully saturated rings. The Hall–Kier alpha value is -3.09. The van der Waals surface area contributed by atoms with Crippen LogP contribution in [0.15, 0.2) is 42.9 Å². The van der Waals surface area contributed by atoms with Gasteiger partial charge in [-0.3, -0.25) is 9.59 Å². The fourth-order valence-electron chi connectivity index (χ4n) is 4.27. The van der Waals surface area contributed by atoms with Crippen LogP contribution in [0.4, 0.5) is 0 Å². The first-order valence-electron chi connectivity index (χ1n) is 10.7. The second-order valence-electron chi connectivity index (χ2n) is 8.11. The molecular weight excluding hydrogens is 378 g/mol. The third kappa shape index (κ3) is 4.25. The van der Waals surface area contributed by atoms with E-state index in [1.54, 1.807) is 6.20 Å². The van der Waals surface area contributed by atoms with Crippen LogP contribution in [0.1, 0.15) is 48.8 Å². The van der Waals surface area contributed by atoms with Crippen molar-refractivity contribution in [3.8, 4) is 0 Å². The second-order valence-corrected chi connectivity index (χ2v) is 8.11. The lowest BCUT2D eigenvalue weighted by atomic mass is 9.85. The standard InChI is InChI=1S/C23H29N5O2/c1-3-28(15-21-25-12-13-27(21)2)23(30)16-4-7-19(8-5-16)26-22(29)18-6-9-20-17(14-18)10-11-24-20/h6,9-14,16,19,24H,3-5,7-8,15H2,1-2H3,(H,26,29). The number of nitrogens with zero attached hydrogens (tertiary/aromatic N) is 3. The van der Waals surface area contributed by atoms with Gasteiger partial charge in [0.15, 0.2) is 0 Å². The van der Waals surface area contributed by atoms with Gasteiger partial charge in [-0.15, -0.1) is 0 Å². The third-order valence-electron chi connectivity index (χ3n) is 6.17. The average Bonchev–Trinajstić information content (AvgIpc) is 3.40. The first-order valence-corrected chi connectivity index (χ1v) is 10.7. The van der Waals surface area contributed by atoms with E-state index >= 15 is 0 Å². The number of amides is 2. The van der Waals surface area contributed by atoms with E-state index in [4.69, 9.17) is 0 Å². The lowest BCUT2D eigenvalue weighted by molar-refractivity contribution is -0.137. The summed E-state index contributed by atoms with van der Waals surface area (Å²) < 4.78 is 1.95. The summed E-state index contributed by atoms with van der Waals surface area (Å²) in [6.45, 7) is 3.22. The number of hydrogen-bond donors (Lipinski definition) is 2. The lowest BCUT2D eigenvalue weighted by Gasteiger charge is -2.32. The van der Waals surface area contributed by atoms with Gasteiger partial charge in [0.2, 0.25) is 5.91 Å². The van der Waals surface area contributed by atoms with Crippen LogP contribution in [0.25, 0.3) is 10.9 Å². The maximum Gasteiger partial charge on any atom is 0.251 e. The zero-order valence-corrected chi connectivity index (χ0v) is 17.6. The van der Waals surface area contributed by atoms with Crippen molar-refractivity contribution in [2.24, 2.45) is 13.0 Å². The highest BCUT2D eigenvalue weighted by atomic mass is 16.2. The van der Waals surface area contributed by atoms with Gasteiger partial charge >= 0.3 is 0 Å². The highest BCUT2D eigenvalue weighted by Gasteiger charge is 2.30. The van der Waals surface area contributed by atoms with Gasteiger partial charge in [-0.2, -0.15) is 0 Å². The van der Waals surface area contributed by atoms with Gasteiger partial charge < -0.3 is 19.8 Å². The Morgan fingerprint density at radius 1 is 1.23 bits per heavy atom. The molecule has 2 amide bonds. The van der Waals surface area contributed by atoms with Gasteiger partial charge in [0, 0.05) is 60.6 Å². The number of benzene rings is 1. The van der Waals surface area contributed by atoms with E-state index in [1.807, 2.05) is 60.1 Å². The minimum atomic E-state index is -0.0437. The van der Waals surface area contributed by atoms with Crippen molar-refractivity contribution >= 4 is 22.7 Å². The number of carbonyl (C=O) groups excluding carboxylic acids is 2. The summed E-state index contributed by atoms with van der Waals surface area (Å²) in [5.74, 6) is 1.07. The van der Waals surface area contributed by atoms with Crippen molar-refractivity contribution in [1.82, 2.24) is 24.8 Å². The van der Waals surface area contributed by atoms with Crippen molar-refractivity contribution in [2.45, 2.75) is 45.2 Å². The number of hydrogen-bond acceptors (Lipinski definition) is 3. The smallest absolute Gasteiger partial charge is 0.251 e. The van der Waals surface area contributed by atoms with Crippen molar-refractivity contribution in [1.29, 1.82) is 0 Å². The van der Waals surface area contributed by atoms with Crippen LogP contribution in [-0.4, -0.2) is 43.8 Å². The number of rotatable bonds is 6. The van der Waals surface area contributed by atoms with Crippen LogP contribution in [-0.2, 0) is 18.4 Å². The van der Waals surface area contributed by atoms with E-state index in [9.17, 15) is 9.59 Å². The molecule has 0 spiro atoms. The molecule has 7 nitrogen and oxygen atoms in total. The van der Waals surface area contributed by atoms with Crippen LogP contribution >= 0.6 is 0 Å². The Labute approximate surface area is 176 Å². The second kappa shape index (κ2) is 8.73. The molecule has 158 valence electrons. The molecule has 0 radical (unpaired) electrons. The number of H-pyrrole nitrogens is 1. The van der Waals surface area contributed by atoms with Crippen LogP contribution in [0.5, 0.6) is 0 Å². The molecule has 2 N–H and O–H groups in total. The van der Waals surface area contributed by atoms with Crippen molar-refractivity contribution in [3.63, 3.8) is 0 Å². The quantitative estimate of drug-likeness (QED) is 0.658. The topological polar surface area (TPSA) is 83.0 Å². The van der Waals surface area contributed by atoms with E-state index in [1.165, 1.54) is 0 Å². The molecule has 0 bridgehead atoms. The maximum atomic E-state index is 13.0. The van der Waals surface area contributed by atoms with Crippen LogP contribution in [0.2, 0.25) is 0 Å². The zero-order chi connectivity index (χ0) is 21.1. The molecule has 0 unspecified atom stereocenters. The monoisotopic (exact) mass is 407 g/mol. The molecule has 2 aromatic heterocycles. The van der Waals surface area contributed by atoms with E-state index in [2.05, 4.69) is 15.3 Å². The van der Waals surface area contributed by atoms with E-state index in [0.717, 1.165) is 42.4 Å². The van der Waals surface area contributed by atoms with Gasteiger partial charge in [-0.1, -0.05) is 0 Å². The number of imidazole rings is 1.